The van der Waals surface area contributed by atoms with Crippen LogP contribution in [0.25, 0.3) is 0 Å². The van der Waals surface area contributed by atoms with Gasteiger partial charge in [0.05, 0.1) is 12.1 Å². The molecule has 1 saturated heterocycles. The van der Waals surface area contributed by atoms with Crippen molar-refractivity contribution in [1.82, 2.24) is 9.80 Å². The van der Waals surface area contributed by atoms with Crippen LogP contribution in [0, 0.1) is 0 Å². The van der Waals surface area contributed by atoms with Crippen molar-refractivity contribution >= 4 is 28.8 Å². The van der Waals surface area contributed by atoms with Crippen molar-refractivity contribution in [2.75, 3.05) is 38.0 Å². The zero-order valence-corrected chi connectivity index (χ0v) is 13.6. The number of thiophene rings is 1. The largest absolute Gasteiger partial charge is 0.376 e. The van der Waals surface area contributed by atoms with E-state index in [-0.39, 0.29) is 18.4 Å². The fourth-order valence-corrected chi connectivity index (χ4v) is 3.20. The molecule has 1 aliphatic heterocycles. The van der Waals surface area contributed by atoms with Gasteiger partial charge < -0.3 is 15.1 Å². The molecule has 0 atom stereocenters. The Labute approximate surface area is 139 Å². The topological polar surface area (TPSA) is 52.7 Å². The predicted molar refractivity (Wildman–Crippen MR) is 91.7 cm³/mol. The van der Waals surface area contributed by atoms with Crippen LogP contribution >= 0.6 is 11.3 Å². The number of hydrogen-bond acceptors (Lipinski definition) is 4. The smallest absolute Gasteiger partial charge is 0.254 e. The van der Waals surface area contributed by atoms with Gasteiger partial charge in [-0.05, 0) is 23.6 Å². The van der Waals surface area contributed by atoms with Crippen molar-refractivity contribution in [3.63, 3.8) is 0 Å². The van der Waals surface area contributed by atoms with Crippen LogP contribution in [0.3, 0.4) is 0 Å². The molecule has 1 fully saturated rings. The van der Waals surface area contributed by atoms with Crippen LogP contribution < -0.4 is 5.32 Å². The summed E-state index contributed by atoms with van der Waals surface area (Å²) in [6.45, 7) is 2.64. The number of benzene rings is 1. The molecule has 0 radical (unpaired) electrons. The van der Waals surface area contributed by atoms with E-state index in [1.54, 1.807) is 0 Å². The lowest BCUT2D eigenvalue weighted by atomic mass is 10.2. The molecule has 2 amide bonds. The predicted octanol–water partition coefficient (Wildman–Crippen LogP) is 2.14. The number of anilines is 1. The summed E-state index contributed by atoms with van der Waals surface area (Å²) in [5.41, 5.74) is 1.67. The highest BCUT2D eigenvalue weighted by molar-refractivity contribution is 7.08. The number of para-hydroxylation sites is 1. The van der Waals surface area contributed by atoms with Gasteiger partial charge in [-0.2, -0.15) is 11.3 Å². The Morgan fingerprint density at radius 1 is 1.00 bits per heavy atom. The summed E-state index contributed by atoms with van der Waals surface area (Å²) >= 11 is 1.52. The van der Waals surface area contributed by atoms with Crippen LogP contribution in [0.1, 0.15) is 10.4 Å². The van der Waals surface area contributed by atoms with E-state index in [2.05, 4.69) is 5.32 Å². The van der Waals surface area contributed by atoms with Crippen molar-refractivity contribution in [3.8, 4) is 0 Å². The number of nitrogens with one attached hydrogen (secondary N) is 1. The zero-order valence-electron chi connectivity index (χ0n) is 12.8. The van der Waals surface area contributed by atoms with Gasteiger partial charge in [0.2, 0.25) is 5.91 Å². The van der Waals surface area contributed by atoms with E-state index in [0.29, 0.717) is 26.2 Å². The van der Waals surface area contributed by atoms with Crippen molar-refractivity contribution in [2.24, 2.45) is 0 Å². The van der Waals surface area contributed by atoms with Gasteiger partial charge >= 0.3 is 0 Å². The minimum atomic E-state index is 0.0563. The molecule has 0 spiro atoms. The fourth-order valence-electron chi connectivity index (χ4n) is 2.57. The Morgan fingerprint density at radius 2 is 1.70 bits per heavy atom. The fraction of sp³-hybridized carbons (Fsp3) is 0.294. The van der Waals surface area contributed by atoms with Crippen molar-refractivity contribution < 1.29 is 9.59 Å². The monoisotopic (exact) mass is 329 g/mol. The third-order valence-corrected chi connectivity index (χ3v) is 4.59. The van der Waals surface area contributed by atoms with Gasteiger partial charge in [0, 0.05) is 37.2 Å². The molecule has 3 rings (SSSR count). The first kappa shape index (κ1) is 15.6. The molecule has 0 aliphatic carbocycles. The Balaban J connectivity index is 1.47. The molecular formula is C17H19N3O2S. The van der Waals surface area contributed by atoms with Crippen molar-refractivity contribution in [1.29, 1.82) is 0 Å². The summed E-state index contributed by atoms with van der Waals surface area (Å²) in [7, 11) is 0. The number of piperazine rings is 1. The number of nitrogens with zero attached hydrogens (tertiary/aromatic N) is 2. The van der Waals surface area contributed by atoms with Gasteiger partial charge in [-0.15, -0.1) is 0 Å². The molecule has 0 saturated carbocycles. The highest BCUT2D eigenvalue weighted by Crippen LogP contribution is 2.12. The summed E-state index contributed by atoms with van der Waals surface area (Å²) in [5, 5.41) is 6.90. The van der Waals surface area contributed by atoms with Gasteiger partial charge in [-0.1, -0.05) is 18.2 Å². The quantitative estimate of drug-likeness (QED) is 0.935. The van der Waals surface area contributed by atoms with Gasteiger partial charge in [0.15, 0.2) is 0 Å². The van der Waals surface area contributed by atoms with Crippen molar-refractivity contribution in [2.45, 2.75) is 0 Å². The minimum Gasteiger partial charge on any atom is -0.376 e. The Kier molecular flexibility index (Phi) is 4.92. The minimum absolute atomic E-state index is 0.0563. The lowest BCUT2D eigenvalue weighted by Crippen LogP contribution is -2.51. The van der Waals surface area contributed by atoms with Gasteiger partial charge in [-0.3, -0.25) is 9.59 Å². The summed E-state index contributed by atoms with van der Waals surface area (Å²) in [4.78, 5) is 28.1. The molecule has 1 aliphatic rings. The summed E-state index contributed by atoms with van der Waals surface area (Å²) in [6.07, 6.45) is 0. The van der Waals surface area contributed by atoms with E-state index >= 15 is 0 Å². The normalized spacial score (nSPS) is 14.6. The van der Waals surface area contributed by atoms with Gasteiger partial charge in [0.1, 0.15) is 0 Å². The molecule has 2 aromatic rings. The molecule has 6 heteroatoms. The molecule has 0 unspecified atom stereocenters. The molecular weight excluding hydrogens is 310 g/mol. The SMILES string of the molecule is O=C(CNc1ccccc1)N1CCN(C(=O)c2ccsc2)CC1. The molecule has 23 heavy (non-hydrogen) atoms. The number of amides is 2. The average Bonchev–Trinajstić information content (AvgIpc) is 3.15. The maximum atomic E-state index is 12.3. The van der Waals surface area contributed by atoms with Gasteiger partial charge in [0.25, 0.3) is 5.91 Å². The average molecular weight is 329 g/mol. The van der Waals surface area contributed by atoms with E-state index in [9.17, 15) is 9.59 Å². The Morgan fingerprint density at radius 3 is 2.35 bits per heavy atom. The summed E-state index contributed by atoms with van der Waals surface area (Å²) in [6, 6.07) is 11.5. The van der Waals surface area contributed by atoms with Crippen LogP contribution in [0.4, 0.5) is 5.69 Å². The maximum Gasteiger partial charge on any atom is 0.254 e. The van der Waals surface area contributed by atoms with E-state index in [0.717, 1.165) is 11.3 Å². The van der Waals surface area contributed by atoms with E-state index in [1.807, 2.05) is 57.0 Å². The highest BCUT2D eigenvalue weighted by atomic mass is 32.1. The molecule has 1 aromatic heterocycles. The van der Waals surface area contributed by atoms with Crippen LogP contribution in [0.2, 0.25) is 0 Å². The lowest BCUT2D eigenvalue weighted by molar-refractivity contribution is -0.130. The first-order valence-electron chi connectivity index (χ1n) is 7.62. The van der Waals surface area contributed by atoms with Crippen LogP contribution in [-0.2, 0) is 4.79 Å². The van der Waals surface area contributed by atoms with Gasteiger partial charge in [-0.25, -0.2) is 0 Å². The number of rotatable bonds is 4. The van der Waals surface area contributed by atoms with E-state index in [4.69, 9.17) is 0 Å². The lowest BCUT2D eigenvalue weighted by Gasteiger charge is -2.34. The molecule has 1 N–H and O–H groups in total. The summed E-state index contributed by atoms with van der Waals surface area (Å²) < 4.78 is 0. The molecule has 2 heterocycles. The molecule has 1 aromatic carbocycles. The first-order valence-corrected chi connectivity index (χ1v) is 8.56. The number of carbonyl (C=O) groups is 2. The summed E-state index contributed by atoms with van der Waals surface area (Å²) in [5.74, 6) is 0.122. The molecule has 0 bridgehead atoms. The van der Waals surface area contributed by atoms with Crippen LogP contribution in [-0.4, -0.2) is 54.3 Å². The second-order valence-corrected chi connectivity index (χ2v) is 6.18. The Hall–Kier alpha value is -2.34. The molecule has 120 valence electrons. The van der Waals surface area contributed by atoms with Crippen LogP contribution in [0.5, 0.6) is 0 Å². The number of carbonyl (C=O) groups excluding carboxylic acids is 2. The van der Waals surface area contributed by atoms with E-state index in [1.165, 1.54) is 11.3 Å². The zero-order chi connectivity index (χ0) is 16.1. The Bertz CT molecular complexity index is 650. The van der Waals surface area contributed by atoms with Crippen LogP contribution in [0.15, 0.2) is 47.2 Å². The number of hydrogen-bond donors (Lipinski definition) is 1. The standard InChI is InChI=1S/C17H19N3O2S/c21-16(12-18-15-4-2-1-3-5-15)19-7-9-20(10-8-19)17(22)14-6-11-23-13-14/h1-6,11,13,18H,7-10,12H2. The third-order valence-electron chi connectivity index (χ3n) is 3.91. The van der Waals surface area contributed by atoms with Crippen molar-refractivity contribution in [3.05, 3.63) is 52.7 Å². The first-order chi connectivity index (χ1) is 11.2. The van der Waals surface area contributed by atoms with E-state index < -0.39 is 0 Å². The second kappa shape index (κ2) is 7.28. The second-order valence-electron chi connectivity index (χ2n) is 5.40. The maximum absolute atomic E-state index is 12.3. The molecule has 5 nitrogen and oxygen atoms in total. The third kappa shape index (κ3) is 3.90. The highest BCUT2D eigenvalue weighted by Gasteiger charge is 2.24.